The van der Waals surface area contributed by atoms with Crippen LogP contribution in [0.25, 0.3) is 0 Å². The first-order valence-corrected chi connectivity index (χ1v) is 8.61. The smallest absolute Gasteiger partial charge is 0.410 e. The number of nitrogens with zero attached hydrogens (tertiary/aromatic N) is 1. The van der Waals surface area contributed by atoms with E-state index in [0.717, 1.165) is 18.4 Å². The molecule has 1 aliphatic rings. The van der Waals surface area contributed by atoms with Gasteiger partial charge in [0.1, 0.15) is 12.4 Å². The minimum absolute atomic E-state index is 0.162. The summed E-state index contributed by atoms with van der Waals surface area (Å²) in [6, 6.07) is 15.9. The summed E-state index contributed by atoms with van der Waals surface area (Å²) in [7, 11) is 0. The molecule has 2 N–H and O–H groups in total. The number of nitrogens with two attached hydrogens (primary N) is 1. The molecule has 132 valence electrons. The van der Waals surface area contributed by atoms with Crippen molar-refractivity contribution in [1.82, 2.24) is 4.90 Å². The molecule has 3 rings (SSSR count). The van der Waals surface area contributed by atoms with Gasteiger partial charge in [0.25, 0.3) is 0 Å². The van der Waals surface area contributed by atoms with Gasteiger partial charge in [0.05, 0.1) is 0 Å². The SMILES string of the molecule is NC(c1ccccc1F)C1CCN(C(=O)OCc2ccccc2)CC1. The Morgan fingerprint density at radius 3 is 2.44 bits per heavy atom. The normalized spacial score (nSPS) is 16.5. The van der Waals surface area contributed by atoms with E-state index in [0.29, 0.717) is 18.7 Å². The van der Waals surface area contributed by atoms with E-state index in [1.165, 1.54) is 6.07 Å². The van der Waals surface area contributed by atoms with Crippen LogP contribution in [0.5, 0.6) is 0 Å². The van der Waals surface area contributed by atoms with Gasteiger partial charge < -0.3 is 15.4 Å². The molecule has 0 saturated carbocycles. The molecule has 0 aliphatic carbocycles. The Morgan fingerprint density at radius 1 is 1.12 bits per heavy atom. The fraction of sp³-hybridized carbons (Fsp3) is 0.350. The molecule has 0 bridgehead atoms. The van der Waals surface area contributed by atoms with Gasteiger partial charge in [-0.25, -0.2) is 9.18 Å². The molecule has 1 heterocycles. The molecule has 1 unspecified atom stereocenters. The molecule has 0 spiro atoms. The quantitative estimate of drug-likeness (QED) is 0.917. The van der Waals surface area contributed by atoms with E-state index in [1.807, 2.05) is 30.3 Å². The third-order valence-electron chi connectivity index (χ3n) is 4.78. The maximum Gasteiger partial charge on any atom is 0.410 e. The maximum atomic E-state index is 13.9. The van der Waals surface area contributed by atoms with Crippen molar-refractivity contribution in [1.29, 1.82) is 0 Å². The third kappa shape index (κ3) is 4.37. The van der Waals surface area contributed by atoms with Gasteiger partial charge in [-0.15, -0.1) is 0 Å². The highest BCUT2D eigenvalue weighted by Crippen LogP contribution is 2.30. The summed E-state index contributed by atoms with van der Waals surface area (Å²) >= 11 is 0. The molecule has 5 heteroatoms. The number of likely N-dealkylation sites (tertiary alicyclic amines) is 1. The Bertz CT molecular complexity index is 700. The Labute approximate surface area is 147 Å². The number of halogens is 1. The minimum Gasteiger partial charge on any atom is -0.445 e. The molecule has 2 aromatic carbocycles. The second-order valence-electron chi connectivity index (χ2n) is 6.41. The van der Waals surface area contributed by atoms with Gasteiger partial charge in [-0.05, 0) is 30.4 Å². The Hall–Kier alpha value is -2.40. The summed E-state index contributed by atoms with van der Waals surface area (Å²) in [4.78, 5) is 13.9. The molecule has 0 aromatic heterocycles. The molecule has 1 fully saturated rings. The Kier molecular flexibility index (Phi) is 5.66. The molecule has 1 saturated heterocycles. The number of carbonyl (C=O) groups is 1. The number of hydrogen-bond acceptors (Lipinski definition) is 3. The lowest BCUT2D eigenvalue weighted by atomic mass is 9.86. The average Bonchev–Trinajstić information content (AvgIpc) is 2.67. The maximum absolute atomic E-state index is 13.9. The van der Waals surface area contributed by atoms with Gasteiger partial charge in [0.15, 0.2) is 0 Å². The van der Waals surface area contributed by atoms with Crippen molar-refractivity contribution in [2.45, 2.75) is 25.5 Å². The van der Waals surface area contributed by atoms with Crippen LogP contribution in [0.3, 0.4) is 0 Å². The van der Waals surface area contributed by atoms with Gasteiger partial charge in [0.2, 0.25) is 0 Å². The number of rotatable bonds is 4. The van der Waals surface area contributed by atoms with E-state index in [1.54, 1.807) is 23.1 Å². The zero-order chi connectivity index (χ0) is 17.6. The summed E-state index contributed by atoms with van der Waals surface area (Å²) < 4.78 is 19.3. The summed E-state index contributed by atoms with van der Waals surface area (Å²) in [5.41, 5.74) is 7.77. The van der Waals surface area contributed by atoms with Crippen molar-refractivity contribution < 1.29 is 13.9 Å². The number of amides is 1. The van der Waals surface area contributed by atoms with Gasteiger partial charge in [-0.2, -0.15) is 0 Å². The van der Waals surface area contributed by atoms with Crippen LogP contribution in [0, 0.1) is 11.7 Å². The topological polar surface area (TPSA) is 55.6 Å². The van der Waals surface area contributed by atoms with Crippen molar-refractivity contribution in [2.75, 3.05) is 13.1 Å². The number of carbonyl (C=O) groups excluding carboxylic acids is 1. The fourth-order valence-electron chi connectivity index (χ4n) is 3.25. The van der Waals surface area contributed by atoms with Crippen molar-refractivity contribution in [3.63, 3.8) is 0 Å². The standard InChI is InChI=1S/C20H23FN2O2/c21-18-9-5-4-8-17(18)19(22)16-10-12-23(13-11-16)20(24)25-14-15-6-2-1-3-7-15/h1-9,16,19H,10-14,22H2. The lowest BCUT2D eigenvalue weighted by molar-refractivity contribution is 0.0796. The van der Waals surface area contributed by atoms with Crippen LogP contribution in [0.4, 0.5) is 9.18 Å². The van der Waals surface area contributed by atoms with E-state index < -0.39 is 0 Å². The minimum atomic E-state index is -0.344. The van der Waals surface area contributed by atoms with Crippen LogP contribution < -0.4 is 5.73 Å². The van der Waals surface area contributed by atoms with Crippen LogP contribution in [-0.2, 0) is 11.3 Å². The fourth-order valence-corrected chi connectivity index (χ4v) is 3.25. The van der Waals surface area contributed by atoms with Crippen molar-refractivity contribution >= 4 is 6.09 Å². The second kappa shape index (κ2) is 8.12. The van der Waals surface area contributed by atoms with E-state index >= 15 is 0 Å². The molecular formula is C20H23FN2O2. The molecule has 25 heavy (non-hydrogen) atoms. The summed E-state index contributed by atoms with van der Waals surface area (Å²) in [6.45, 7) is 1.44. The molecule has 1 amide bonds. The van der Waals surface area contributed by atoms with Crippen LogP contribution in [0.15, 0.2) is 54.6 Å². The number of piperidine rings is 1. The van der Waals surface area contributed by atoms with Crippen molar-refractivity contribution in [3.05, 3.63) is 71.5 Å². The first-order valence-electron chi connectivity index (χ1n) is 8.61. The number of benzene rings is 2. The molecule has 1 aliphatic heterocycles. The Morgan fingerprint density at radius 2 is 1.76 bits per heavy atom. The van der Waals surface area contributed by atoms with E-state index in [9.17, 15) is 9.18 Å². The first kappa shape index (κ1) is 17.4. The molecule has 0 radical (unpaired) electrons. The van der Waals surface area contributed by atoms with Gasteiger partial charge in [-0.3, -0.25) is 0 Å². The lowest BCUT2D eigenvalue weighted by Gasteiger charge is -2.34. The zero-order valence-electron chi connectivity index (χ0n) is 14.1. The van der Waals surface area contributed by atoms with Crippen molar-refractivity contribution in [3.8, 4) is 0 Å². The summed E-state index contributed by atoms with van der Waals surface area (Å²) in [5.74, 6) is -0.102. The van der Waals surface area contributed by atoms with Gasteiger partial charge in [-0.1, -0.05) is 48.5 Å². The molecular weight excluding hydrogens is 319 g/mol. The number of ether oxygens (including phenoxy) is 1. The predicted molar refractivity (Wildman–Crippen MR) is 94.3 cm³/mol. The zero-order valence-corrected chi connectivity index (χ0v) is 14.1. The largest absolute Gasteiger partial charge is 0.445 e. The molecule has 1 atom stereocenters. The van der Waals surface area contributed by atoms with E-state index in [-0.39, 0.29) is 30.5 Å². The highest BCUT2D eigenvalue weighted by molar-refractivity contribution is 5.67. The van der Waals surface area contributed by atoms with E-state index in [4.69, 9.17) is 10.5 Å². The predicted octanol–water partition coefficient (Wildman–Crippen LogP) is 3.87. The molecule has 2 aromatic rings. The third-order valence-corrected chi connectivity index (χ3v) is 4.78. The van der Waals surface area contributed by atoms with Crippen LogP contribution in [-0.4, -0.2) is 24.1 Å². The average molecular weight is 342 g/mol. The monoisotopic (exact) mass is 342 g/mol. The first-order chi connectivity index (χ1) is 12.1. The van der Waals surface area contributed by atoms with Crippen LogP contribution in [0.2, 0.25) is 0 Å². The lowest BCUT2D eigenvalue weighted by Crippen LogP contribution is -2.41. The van der Waals surface area contributed by atoms with Crippen molar-refractivity contribution in [2.24, 2.45) is 11.7 Å². The summed E-state index contributed by atoms with van der Waals surface area (Å²) in [5, 5.41) is 0. The van der Waals surface area contributed by atoms with Gasteiger partial charge in [0, 0.05) is 24.7 Å². The van der Waals surface area contributed by atoms with Crippen LogP contribution >= 0.6 is 0 Å². The van der Waals surface area contributed by atoms with E-state index in [2.05, 4.69) is 0 Å². The second-order valence-corrected chi connectivity index (χ2v) is 6.41. The van der Waals surface area contributed by atoms with Gasteiger partial charge >= 0.3 is 6.09 Å². The summed E-state index contributed by atoms with van der Waals surface area (Å²) in [6.07, 6.45) is 1.19. The number of hydrogen-bond donors (Lipinski definition) is 1. The molecule has 4 nitrogen and oxygen atoms in total. The highest BCUT2D eigenvalue weighted by atomic mass is 19.1. The van der Waals surface area contributed by atoms with Crippen LogP contribution in [0.1, 0.15) is 30.0 Å². The Balaban J connectivity index is 1.50. The highest BCUT2D eigenvalue weighted by Gasteiger charge is 2.29.